The highest BCUT2D eigenvalue weighted by Gasteiger charge is 2.32. The van der Waals surface area contributed by atoms with Crippen molar-refractivity contribution in [3.05, 3.63) is 82.8 Å². The molecule has 1 aliphatic heterocycles. The number of pyridine rings is 1. The standard InChI is InChI=1S/C29H26N6O4/c1-34-16-31-33-28(34)24-8-17(12-30)3-7-22(24)21-10-25(19-5-6-19)32-26(11-21)35-13-20-4-2-18(9-23(20)29(35)38)15-39-27(37)14-36/h2-4,7-11,16,19,27,36-37H,5-6,13-15H2,1H3/t27-/m0/s1. The number of anilines is 1. The van der Waals surface area contributed by atoms with Gasteiger partial charge >= 0.3 is 0 Å². The van der Waals surface area contributed by atoms with Crippen LogP contribution in [0.2, 0.25) is 0 Å². The summed E-state index contributed by atoms with van der Waals surface area (Å²) in [5.41, 5.74) is 6.16. The molecular weight excluding hydrogens is 496 g/mol. The second-order valence-corrected chi connectivity index (χ2v) is 9.88. The normalized spacial score (nSPS) is 15.3. The second kappa shape index (κ2) is 10.0. The number of hydrogen-bond donors (Lipinski definition) is 2. The summed E-state index contributed by atoms with van der Waals surface area (Å²) in [6, 6.07) is 17.2. The molecule has 1 aliphatic carbocycles. The molecule has 1 atom stereocenters. The number of nitriles is 1. The molecule has 1 saturated carbocycles. The Kier molecular flexibility index (Phi) is 6.40. The van der Waals surface area contributed by atoms with Crippen LogP contribution in [0.5, 0.6) is 0 Å². The van der Waals surface area contributed by atoms with Crippen LogP contribution in [-0.2, 0) is 24.9 Å². The van der Waals surface area contributed by atoms with Gasteiger partial charge < -0.3 is 19.5 Å². The van der Waals surface area contributed by atoms with Gasteiger partial charge in [0.05, 0.1) is 31.4 Å². The fourth-order valence-corrected chi connectivity index (χ4v) is 4.86. The van der Waals surface area contributed by atoms with Crippen molar-refractivity contribution in [2.45, 2.75) is 38.2 Å². The number of nitrogens with zero attached hydrogens (tertiary/aromatic N) is 6. The fraction of sp³-hybridized carbons (Fsp3) is 0.276. The Labute approximate surface area is 224 Å². The number of benzene rings is 2. The Morgan fingerprint density at radius 1 is 1.13 bits per heavy atom. The molecule has 0 saturated heterocycles. The number of aryl methyl sites for hydroxylation is 1. The number of aromatic nitrogens is 4. The summed E-state index contributed by atoms with van der Waals surface area (Å²) in [4.78, 5) is 20.2. The van der Waals surface area contributed by atoms with E-state index in [0.29, 0.717) is 35.2 Å². The SMILES string of the molecule is Cn1cnnc1-c1cc(C#N)ccc1-c1cc(C2CC2)nc(N2Cc3ccc(CO[C@H](O)CO)cc3C2=O)c1. The summed E-state index contributed by atoms with van der Waals surface area (Å²) < 4.78 is 7.01. The Morgan fingerprint density at radius 2 is 1.97 bits per heavy atom. The number of carbonyl (C=O) groups is 1. The molecule has 3 heterocycles. The Balaban J connectivity index is 1.39. The average molecular weight is 523 g/mol. The molecule has 6 rings (SSSR count). The summed E-state index contributed by atoms with van der Waals surface area (Å²) in [6.45, 7) is -0.0371. The molecule has 0 radical (unpaired) electrons. The van der Waals surface area contributed by atoms with Crippen molar-refractivity contribution >= 4 is 11.7 Å². The first-order valence-corrected chi connectivity index (χ1v) is 12.7. The van der Waals surface area contributed by atoms with Gasteiger partial charge in [0, 0.05) is 29.8 Å². The molecule has 10 nitrogen and oxygen atoms in total. The minimum Gasteiger partial charge on any atom is -0.391 e. The summed E-state index contributed by atoms with van der Waals surface area (Å²) >= 11 is 0. The highest BCUT2D eigenvalue weighted by molar-refractivity contribution is 6.10. The molecule has 0 bridgehead atoms. The Hall–Kier alpha value is -4.43. The number of ether oxygens (including phenoxy) is 1. The molecular formula is C29H26N6O4. The second-order valence-electron chi connectivity index (χ2n) is 9.88. The predicted octanol–water partition coefficient (Wildman–Crippen LogP) is 3.28. The van der Waals surface area contributed by atoms with Crippen LogP contribution < -0.4 is 4.90 Å². The van der Waals surface area contributed by atoms with E-state index in [0.717, 1.165) is 46.4 Å². The summed E-state index contributed by atoms with van der Waals surface area (Å²) in [7, 11) is 1.86. The zero-order chi connectivity index (χ0) is 27.1. The number of aliphatic hydroxyl groups excluding tert-OH is 2. The lowest BCUT2D eigenvalue weighted by molar-refractivity contribution is -0.132. The van der Waals surface area contributed by atoms with Gasteiger partial charge in [0.25, 0.3) is 5.91 Å². The minimum absolute atomic E-state index is 0.0748. The number of amides is 1. The van der Waals surface area contributed by atoms with Gasteiger partial charge in [-0.1, -0.05) is 18.2 Å². The van der Waals surface area contributed by atoms with Crippen LogP contribution in [0.4, 0.5) is 5.82 Å². The lowest BCUT2D eigenvalue weighted by Crippen LogP contribution is -2.24. The van der Waals surface area contributed by atoms with E-state index in [2.05, 4.69) is 22.3 Å². The number of hydrogen-bond acceptors (Lipinski definition) is 8. The van der Waals surface area contributed by atoms with Crippen molar-refractivity contribution in [1.82, 2.24) is 19.7 Å². The van der Waals surface area contributed by atoms with E-state index >= 15 is 0 Å². The minimum atomic E-state index is -1.27. The maximum absolute atomic E-state index is 13.6. The summed E-state index contributed by atoms with van der Waals surface area (Å²) in [5.74, 6) is 1.40. The van der Waals surface area contributed by atoms with Gasteiger partial charge in [-0.05, 0) is 65.4 Å². The molecule has 1 fully saturated rings. The van der Waals surface area contributed by atoms with E-state index in [1.165, 1.54) is 0 Å². The highest BCUT2D eigenvalue weighted by atomic mass is 16.6. The van der Waals surface area contributed by atoms with Gasteiger partial charge in [0.2, 0.25) is 0 Å². The summed E-state index contributed by atoms with van der Waals surface area (Å²) in [5, 5.41) is 36.3. The molecule has 2 N–H and O–H groups in total. The van der Waals surface area contributed by atoms with Gasteiger partial charge in [0.1, 0.15) is 12.1 Å². The van der Waals surface area contributed by atoms with E-state index in [-0.39, 0.29) is 12.5 Å². The highest BCUT2D eigenvalue weighted by Crippen LogP contribution is 2.43. The van der Waals surface area contributed by atoms with Gasteiger partial charge in [-0.3, -0.25) is 9.69 Å². The first kappa shape index (κ1) is 24.9. The largest absolute Gasteiger partial charge is 0.391 e. The van der Waals surface area contributed by atoms with E-state index in [9.17, 15) is 15.2 Å². The molecule has 0 unspecified atom stereocenters. The quantitative estimate of drug-likeness (QED) is 0.336. The van der Waals surface area contributed by atoms with Crippen LogP contribution in [0.15, 0.2) is 54.9 Å². The third kappa shape index (κ3) is 4.79. The van der Waals surface area contributed by atoms with E-state index < -0.39 is 12.9 Å². The Morgan fingerprint density at radius 3 is 2.69 bits per heavy atom. The van der Waals surface area contributed by atoms with Gasteiger partial charge in [-0.2, -0.15) is 5.26 Å². The Bertz CT molecular complexity index is 1620. The van der Waals surface area contributed by atoms with Crippen molar-refractivity contribution in [2.75, 3.05) is 11.5 Å². The predicted molar refractivity (Wildman–Crippen MR) is 141 cm³/mol. The lowest BCUT2D eigenvalue weighted by Gasteiger charge is -2.18. The molecule has 196 valence electrons. The molecule has 2 aliphatic rings. The van der Waals surface area contributed by atoms with Gasteiger partial charge in [-0.25, -0.2) is 4.98 Å². The average Bonchev–Trinajstić information content (AvgIpc) is 3.66. The molecule has 4 aromatic rings. The number of aliphatic hydroxyl groups is 2. The van der Waals surface area contributed by atoms with Crippen LogP contribution in [0.3, 0.4) is 0 Å². The van der Waals surface area contributed by atoms with Crippen LogP contribution >= 0.6 is 0 Å². The van der Waals surface area contributed by atoms with Crippen LogP contribution in [0, 0.1) is 11.3 Å². The molecule has 39 heavy (non-hydrogen) atoms. The zero-order valence-electron chi connectivity index (χ0n) is 21.3. The lowest BCUT2D eigenvalue weighted by atomic mass is 9.96. The molecule has 2 aromatic heterocycles. The van der Waals surface area contributed by atoms with Crippen molar-refractivity contribution < 1.29 is 19.7 Å². The van der Waals surface area contributed by atoms with Crippen molar-refractivity contribution in [3.8, 4) is 28.6 Å². The van der Waals surface area contributed by atoms with Crippen LogP contribution in [0.1, 0.15) is 51.5 Å². The van der Waals surface area contributed by atoms with Crippen molar-refractivity contribution in [3.63, 3.8) is 0 Å². The summed E-state index contributed by atoms with van der Waals surface area (Å²) in [6.07, 6.45) is 2.45. The third-order valence-electron chi connectivity index (χ3n) is 7.09. The molecule has 0 spiro atoms. The first-order chi connectivity index (χ1) is 18.9. The van der Waals surface area contributed by atoms with Crippen molar-refractivity contribution in [2.24, 2.45) is 7.05 Å². The van der Waals surface area contributed by atoms with E-state index in [1.807, 2.05) is 41.9 Å². The number of carbonyl (C=O) groups excluding carboxylic acids is 1. The number of fused-ring (bicyclic) bond motifs is 1. The van der Waals surface area contributed by atoms with E-state index in [1.54, 1.807) is 23.4 Å². The molecule has 10 heteroatoms. The molecule has 2 aromatic carbocycles. The van der Waals surface area contributed by atoms with Crippen LogP contribution in [-0.4, -0.2) is 48.8 Å². The van der Waals surface area contributed by atoms with E-state index in [4.69, 9.17) is 14.8 Å². The van der Waals surface area contributed by atoms with Crippen molar-refractivity contribution in [1.29, 1.82) is 5.26 Å². The maximum Gasteiger partial charge on any atom is 0.260 e. The van der Waals surface area contributed by atoms with Gasteiger partial charge in [-0.15, -0.1) is 10.2 Å². The smallest absolute Gasteiger partial charge is 0.260 e. The topological polar surface area (TPSA) is 137 Å². The monoisotopic (exact) mass is 522 g/mol. The zero-order valence-corrected chi connectivity index (χ0v) is 21.3. The van der Waals surface area contributed by atoms with Crippen LogP contribution in [0.25, 0.3) is 22.5 Å². The third-order valence-corrected chi connectivity index (χ3v) is 7.09. The van der Waals surface area contributed by atoms with Gasteiger partial charge in [0.15, 0.2) is 12.1 Å². The fourth-order valence-electron chi connectivity index (χ4n) is 4.86. The maximum atomic E-state index is 13.6. The molecule has 1 amide bonds. The first-order valence-electron chi connectivity index (χ1n) is 12.7. The number of rotatable bonds is 8.